The topological polar surface area (TPSA) is 78.4 Å². The number of nitro groups is 1. The third kappa shape index (κ3) is 3.59. The van der Waals surface area contributed by atoms with Crippen LogP contribution >= 0.6 is 0 Å². The molecule has 1 aliphatic carbocycles. The van der Waals surface area contributed by atoms with E-state index in [-0.39, 0.29) is 11.8 Å². The summed E-state index contributed by atoms with van der Waals surface area (Å²) < 4.78 is 5.88. The van der Waals surface area contributed by atoms with Gasteiger partial charge in [-0.1, -0.05) is 13.8 Å². The van der Waals surface area contributed by atoms with Crippen molar-refractivity contribution in [2.75, 3.05) is 5.73 Å². The first-order valence-electron chi connectivity index (χ1n) is 6.65. The molecule has 0 amide bonds. The predicted molar refractivity (Wildman–Crippen MR) is 74.1 cm³/mol. The van der Waals surface area contributed by atoms with Crippen molar-refractivity contribution in [3.05, 3.63) is 28.3 Å². The number of nitrogens with two attached hydrogens (primary N) is 1. The van der Waals surface area contributed by atoms with Crippen molar-refractivity contribution in [3.8, 4) is 5.75 Å². The van der Waals surface area contributed by atoms with E-state index in [1.807, 2.05) is 0 Å². The smallest absolute Gasteiger partial charge is 0.275 e. The summed E-state index contributed by atoms with van der Waals surface area (Å²) in [6, 6.07) is 4.44. The molecule has 2 atom stereocenters. The molecular weight excluding hydrogens is 244 g/mol. The van der Waals surface area contributed by atoms with Gasteiger partial charge < -0.3 is 10.5 Å². The zero-order chi connectivity index (χ0) is 14.0. The lowest BCUT2D eigenvalue weighted by atomic mass is 9.82. The van der Waals surface area contributed by atoms with Crippen LogP contribution in [-0.4, -0.2) is 11.0 Å². The highest BCUT2D eigenvalue weighted by atomic mass is 16.6. The highest BCUT2D eigenvalue weighted by molar-refractivity contribution is 5.53. The van der Waals surface area contributed by atoms with E-state index in [0.717, 1.165) is 12.8 Å². The predicted octanol–water partition coefficient (Wildman–Crippen LogP) is 3.38. The van der Waals surface area contributed by atoms with Crippen molar-refractivity contribution < 1.29 is 9.66 Å². The van der Waals surface area contributed by atoms with Crippen molar-refractivity contribution >= 4 is 11.4 Å². The van der Waals surface area contributed by atoms with Gasteiger partial charge in [0, 0.05) is 17.8 Å². The van der Waals surface area contributed by atoms with Crippen molar-refractivity contribution in [2.45, 2.75) is 39.2 Å². The molecule has 1 aromatic rings. The molecule has 0 saturated heterocycles. The summed E-state index contributed by atoms with van der Waals surface area (Å²) in [7, 11) is 0. The van der Waals surface area contributed by atoms with Crippen LogP contribution in [-0.2, 0) is 0 Å². The monoisotopic (exact) mass is 264 g/mol. The van der Waals surface area contributed by atoms with E-state index in [2.05, 4.69) is 13.8 Å². The maximum Gasteiger partial charge on any atom is 0.275 e. The van der Waals surface area contributed by atoms with E-state index in [0.29, 0.717) is 23.3 Å². The molecule has 1 aliphatic rings. The van der Waals surface area contributed by atoms with Crippen molar-refractivity contribution in [1.29, 1.82) is 0 Å². The molecule has 0 aromatic heterocycles. The second-order valence-corrected chi connectivity index (χ2v) is 5.67. The van der Waals surface area contributed by atoms with Gasteiger partial charge in [-0.2, -0.15) is 0 Å². The second kappa shape index (κ2) is 5.47. The minimum Gasteiger partial charge on any atom is -0.490 e. The highest BCUT2D eigenvalue weighted by Crippen LogP contribution is 2.33. The van der Waals surface area contributed by atoms with Gasteiger partial charge in [-0.25, -0.2) is 0 Å². The standard InChI is InChI=1S/C14H20N2O3/c1-9-3-10(2)5-13(4-9)19-14-7-11(15)6-12(8-14)16(17)18/h6-10,13H,3-5,15H2,1-2H3. The molecule has 19 heavy (non-hydrogen) atoms. The first kappa shape index (κ1) is 13.6. The molecule has 1 saturated carbocycles. The van der Waals surface area contributed by atoms with Gasteiger partial charge in [0.1, 0.15) is 5.75 Å². The van der Waals surface area contributed by atoms with Crippen LogP contribution in [0.15, 0.2) is 18.2 Å². The van der Waals surface area contributed by atoms with Crippen LogP contribution in [0.4, 0.5) is 11.4 Å². The molecular formula is C14H20N2O3. The maximum absolute atomic E-state index is 10.8. The van der Waals surface area contributed by atoms with Crippen LogP contribution in [0.25, 0.3) is 0 Å². The van der Waals surface area contributed by atoms with Crippen molar-refractivity contribution in [1.82, 2.24) is 0 Å². The summed E-state index contributed by atoms with van der Waals surface area (Å²) in [5.41, 5.74) is 6.01. The van der Waals surface area contributed by atoms with Crippen LogP contribution in [0, 0.1) is 22.0 Å². The molecule has 5 heteroatoms. The quantitative estimate of drug-likeness (QED) is 0.515. The highest BCUT2D eigenvalue weighted by Gasteiger charge is 2.25. The fourth-order valence-electron chi connectivity index (χ4n) is 2.94. The number of anilines is 1. The van der Waals surface area contributed by atoms with Crippen molar-refractivity contribution in [2.24, 2.45) is 11.8 Å². The van der Waals surface area contributed by atoms with Crippen molar-refractivity contribution in [3.63, 3.8) is 0 Å². The molecule has 0 spiro atoms. The van der Waals surface area contributed by atoms with Crippen LogP contribution in [0.3, 0.4) is 0 Å². The molecule has 2 unspecified atom stereocenters. The van der Waals surface area contributed by atoms with Gasteiger partial charge in [0.25, 0.3) is 5.69 Å². The van der Waals surface area contributed by atoms with Gasteiger partial charge in [-0.05, 0) is 31.1 Å². The molecule has 104 valence electrons. The summed E-state index contributed by atoms with van der Waals surface area (Å²) in [6.07, 6.45) is 3.33. The zero-order valence-corrected chi connectivity index (χ0v) is 11.3. The van der Waals surface area contributed by atoms with Crippen LogP contribution in [0.5, 0.6) is 5.75 Å². The molecule has 0 heterocycles. The van der Waals surface area contributed by atoms with E-state index in [1.54, 1.807) is 6.07 Å². The number of benzene rings is 1. The lowest BCUT2D eigenvalue weighted by Crippen LogP contribution is -2.28. The van der Waals surface area contributed by atoms with E-state index in [1.165, 1.54) is 18.6 Å². The third-order valence-corrected chi connectivity index (χ3v) is 3.56. The third-order valence-electron chi connectivity index (χ3n) is 3.56. The summed E-state index contributed by atoms with van der Waals surface area (Å²) in [5.74, 6) is 1.76. The Morgan fingerprint density at radius 1 is 1.21 bits per heavy atom. The van der Waals surface area contributed by atoms with Gasteiger partial charge in [0.15, 0.2) is 0 Å². The Morgan fingerprint density at radius 2 is 1.84 bits per heavy atom. The SMILES string of the molecule is CC1CC(C)CC(Oc2cc(N)cc([N+](=O)[O-])c2)C1. The summed E-state index contributed by atoms with van der Waals surface area (Å²) >= 11 is 0. The van der Waals surface area contributed by atoms with Crippen LogP contribution in [0.1, 0.15) is 33.1 Å². The first-order valence-corrected chi connectivity index (χ1v) is 6.65. The molecule has 2 N–H and O–H groups in total. The lowest BCUT2D eigenvalue weighted by molar-refractivity contribution is -0.384. The fourth-order valence-corrected chi connectivity index (χ4v) is 2.94. The normalized spacial score (nSPS) is 26.9. The molecule has 1 fully saturated rings. The number of nitrogens with zero attached hydrogens (tertiary/aromatic N) is 1. The average Bonchev–Trinajstić information content (AvgIpc) is 2.26. The first-order chi connectivity index (χ1) is 8.94. The van der Waals surface area contributed by atoms with Gasteiger partial charge >= 0.3 is 0 Å². The second-order valence-electron chi connectivity index (χ2n) is 5.67. The van der Waals surface area contributed by atoms with E-state index < -0.39 is 4.92 Å². The largest absolute Gasteiger partial charge is 0.490 e. The number of hydrogen-bond donors (Lipinski definition) is 1. The molecule has 1 aromatic carbocycles. The Bertz CT molecular complexity index is 466. The molecule has 0 aliphatic heterocycles. The molecule has 0 bridgehead atoms. The number of hydrogen-bond acceptors (Lipinski definition) is 4. The Balaban J connectivity index is 2.12. The van der Waals surface area contributed by atoms with Gasteiger partial charge in [-0.15, -0.1) is 0 Å². The fraction of sp³-hybridized carbons (Fsp3) is 0.571. The Hall–Kier alpha value is -1.78. The van der Waals surface area contributed by atoms with E-state index in [9.17, 15) is 10.1 Å². The van der Waals surface area contributed by atoms with Gasteiger partial charge in [0.05, 0.1) is 17.1 Å². The number of ether oxygens (including phenoxy) is 1. The zero-order valence-electron chi connectivity index (χ0n) is 11.3. The Labute approximate surface area is 112 Å². The van der Waals surface area contributed by atoms with Crippen LogP contribution < -0.4 is 10.5 Å². The molecule has 0 radical (unpaired) electrons. The molecule has 2 rings (SSSR count). The molecule has 5 nitrogen and oxygen atoms in total. The Morgan fingerprint density at radius 3 is 2.42 bits per heavy atom. The number of rotatable bonds is 3. The number of non-ortho nitro benzene ring substituents is 1. The number of nitrogen functional groups attached to an aromatic ring is 1. The van der Waals surface area contributed by atoms with Gasteiger partial charge in [0.2, 0.25) is 0 Å². The lowest BCUT2D eigenvalue weighted by Gasteiger charge is -2.31. The minimum absolute atomic E-state index is 0.0214. The average molecular weight is 264 g/mol. The summed E-state index contributed by atoms with van der Waals surface area (Å²) in [4.78, 5) is 10.3. The Kier molecular flexibility index (Phi) is 3.93. The van der Waals surface area contributed by atoms with E-state index in [4.69, 9.17) is 10.5 Å². The van der Waals surface area contributed by atoms with E-state index >= 15 is 0 Å². The van der Waals surface area contributed by atoms with Gasteiger partial charge in [-0.3, -0.25) is 10.1 Å². The minimum atomic E-state index is -0.449. The summed E-state index contributed by atoms with van der Waals surface area (Å²) in [6.45, 7) is 4.43. The maximum atomic E-state index is 10.8. The van der Waals surface area contributed by atoms with Crippen LogP contribution in [0.2, 0.25) is 0 Å². The summed E-state index contributed by atoms with van der Waals surface area (Å²) in [5, 5.41) is 10.8. The number of nitro benzene ring substituents is 1.